The standard InChI is InChI=1S/C15H23ClN6O2S/c1-24-8-9-25(17,23)22-6-3-11(4-7-22)10-19-12-2-5-18-15-13(12)14(16)20-21-15/h2,5,11,17H,3-4,6-10H2,1H3,(H2,18,19,20,21). The van der Waals surface area contributed by atoms with E-state index in [1.54, 1.807) is 17.6 Å². The number of methoxy groups -OCH3 is 1. The Hall–Kier alpha value is -1.42. The minimum Gasteiger partial charge on any atom is -0.384 e. The summed E-state index contributed by atoms with van der Waals surface area (Å²) in [6.45, 7) is 2.51. The van der Waals surface area contributed by atoms with E-state index in [9.17, 15) is 4.21 Å². The second-order valence-corrected chi connectivity index (χ2v) is 8.77. The zero-order valence-electron chi connectivity index (χ0n) is 14.1. The molecule has 10 heteroatoms. The summed E-state index contributed by atoms with van der Waals surface area (Å²) in [6, 6.07) is 1.89. The second-order valence-electron chi connectivity index (χ2n) is 6.19. The van der Waals surface area contributed by atoms with Gasteiger partial charge in [-0.2, -0.15) is 5.10 Å². The molecule has 3 N–H and O–H groups in total. The molecule has 1 saturated heterocycles. The number of nitrogens with zero attached hydrogens (tertiary/aromatic N) is 3. The molecule has 0 bridgehead atoms. The Balaban J connectivity index is 1.55. The Morgan fingerprint density at radius 2 is 2.28 bits per heavy atom. The van der Waals surface area contributed by atoms with Crippen molar-refractivity contribution in [1.29, 1.82) is 4.78 Å². The summed E-state index contributed by atoms with van der Waals surface area (Å²) in [5.74, 6) is 0.725. The van der Waals surface area contributed by atoms with Gasteiger partial charge in [-0.25, -0.2) is 18.3 Å². The van der Waals surface area contributed by atoms with Crippen molar-refractivity contribution in [2.75, 3.05) is 44.4 Å². The van der Waals surface area contributed by atoms with E-state index in [2.05, 4.69) is 20.5 Å². The zero-order chi connectivity index (χ0) is 17.9. The molecule has 8 nitrogen and oxygen atoms in total. The third-order valence-corrected chi connectivity index (χ3v) is 6.74. The van der Waals surface area contributed by atoms with Crippen molar-refractivity contribution in [3.63, 3.8) is 0 Å². The first-order valence-electron chi connectivity index (χ1n) is 8.24. The van der Waals surface area contributed by atoms with E-state index in [0.29, 0.717) is 36.4 Å². The number of rotatable bonds is 7. The number of hydrogen-bond acceptors (Lipinski definition) is 6. The lowest BCUT2D eigenvalue weighted by Crippen LogP contribution is -2.41. The molecule has 0 amide bonds. The van der Waals surface area contributed by atoms with E-state index in [4.69, 9.17) is 21.1 Å². The topological polar surface area (TPSA) is 107 Å². The van der Waals surface area contributed by atoms with Crippen molar-refractivity contribution in [2.45, 2.75) is 12.8 Å². The van der Waals surface area contributed by atoms with Gasteiger partial charge in [0, 0.05) is 38.6 Å². The number of fused-ring (bicyclic) bond motifs is 1. The van der Waals surface area contributed by atoms with Crippen LogP contribution in [-0.4, -0.2) is 62.8 Å². The van der Waals surface area contributed by atoms with E-state index in [1.807, 2.05) is 6.07 Å². The van der Waals surface area contributed by atoms with E-state index in [0.717, 1.165) is 30.5 Å². The van der Waals surface area contributed by atoms with Crippen LogP contribution in [-0.2, 0) is 14.7 Å². The Kier molecular flexibility index (Phi) is 5.78. The van der Waals surface area contributed by atoms with Gasteiger partial charge in [-0.3, -0.25) is 5.10 Å². The maximum absolute atomic E-state index is 12.4. The Labute approximate surface area is 152 Å². The maximum Gasteiger partial charge on any atom is 0.184 e. The summed E-state index contributed by atoms with van der Waals surface area (Å²) in [4.78, 5) is 4.18. The van der Waals surface area contributed by atoms with Crippen molar-refractivity contribution in [3.8, 4) is 0 Å². The van der Waals surface area contributed by atoms with Crippen molar-refractivity contribution < 1.29 is 8.95 Å². The predicted molar refractivity (Wildman–Crippen MR) is 99.3 cm³/mol. The molecule has 1 unspecified atom stereocenters. The Morgan fingerprint density at radius 3 is 3.00 bits per heavy atom. The minimum absolute atomic E-state index is 0.264. The number of nitrogens with one attached hydrogen (secondary N) is 3. The molecule has 3 heterocycles. The normalized spacial score (nSPS) is 19.1. The number of halogens is 1. The van der Waals surface area contributed by atoms with Crippen LogP contribution in [0, 0.1) is 10.7 Å². The SMILES string of the molecule is COCCS(=N)(=O)N1CCC(CNc2ccnc3n[nH]c(Cl)c23)CC1. The minimum atomic E-state index is -2.71. The zero-order valence-corrected chi connectivity index (χ0v) is 15.7. The van der Waals surface area contributed by atoms with Crippen LogP contribution in [0.15, 0.2) is 12.3 Å². The summed E-state index contributed by atoms with van der Waals surface area (Å²) >= 11 is 6.14. The number of piperidine rings is 1. The molecule has 0 radical (unpaired) electrons. The third kappa shape index (κ3) is 4.22. The number of H-pyrrole nitrogens is 1. The van der Waals surface area contributed by atoms with E-state index >= 15 is 0 Å². The monoisotopic (exact) mass is 386 g/mol. The molecule has 138 valence electrons. The van der Waals surface area contributed by atoms with E-state index in [1.165, 1.54) is 0 Å². The van der Waals surface area contributed by atoms with Crippen LogP contribution in [0.4, 0.5) is 5.69 Å². The second kappa shape index (κ2) is 7.86. The molecule has 0 aromatic carbocycles. The third-order valence-electron chi connectivity index (χ3n) is 4.55. The molecule has 0 spiro atoms. The number of ether oxygens (including phenoxy) is 1. The molecule has 0 aliphatic carbocycles. The van der Waals surface area contributed by atoms with Crippen LogP contribution >= 0.6 is 11.6 Å². The molecular weight excluding hydrogens is 364 g/mol. The van der Waals surface area contributed by atoms with Gasteiger partial charge in [0.2, 0.25) is 0 Å². The quantitative estimate of drug-likeness (QED) is 0.677. The highest BCUT2D eigenvalue weighted by Gasteiger charge is 2.25. The van der Waals surface area contributed by atoms with Gasteiger partial charge in [-0.05, 0) is 24.8 Å². The van der Waals surface area contributed by atoms with Crippen molar-refractivity contribution in [2.24, 2.45) is 5.92 Å². The Morgan fingerprint density at radius 1 is 1.52 bits per heavy atom. The highest BCUT2D eigenvalue weighted by Crippen LogP contribution is 2.28. The molecule has 1 aliphatic rings. The molecule has 3 rings (SSSR count). The average molecular weight is 387 g/mol. The average Bonchev–Trinajstić information content (AvgIpc) is 3.00. The summed E-state index contributed by atoms with van der Waals surface area (Å²) in [5, 5.41) is 11.5. The van der Waals surface area contributed by atoms with Crippen LogP contribution in [0.5, 0.6) is 0 Å². The van der Waals surface area contributed by atoms with E-state index in [-0.39, 0.29) is 5.75 Å². The van der Waals surface area contributed by atoms with Crippen molar-refractivity contribution in [3.05, 3.63) is 17.4 Å². The number of pyridine rings is 1. The molecule has 1 fully saturated rings. The smallest absolute Gasteiger partial charge is 0.184 e. The van der Waals surface area contributed by atoms with Crippen LogP contribution in [0.1, 0.15) is 12.8 Å². The number of anilines is 1. The highest BCUT2D eigenvalue weighted by atomic mass is 35.5. The lowest BCUT2D eigenvalue weighted by atomic mass is 9.98. The van der Waals surface area contributed by atoms with Crippen LogP contribution in [0.25, 0.3) is 11.0 Å². The first kappa shape index (κ1) is 18.4. The Bertz CT molecular complexity index is 817. The van der Waals surface area contributed by atoms with Crippen molar-refractivity contribution >= 4 is 38.2 Å². The molecule has 2 aromatic rings. The van der Waals surface area contributed by atoms with Crippen LogP contribution in [0.3, 0.4) is 0 Å². The molecular formula is C15H23ClN6O2S. The fraction of sp³-hybridized carbons (Fsp3) is 0.600. The van der Waals surface area contributed by atoms with Gasteiger partial charge in [0.1, 0.15) is 15.1 Å². The summed E-state index contributed by atoms with van der Waals surface area (Å²) in [5.41, 5.74) is 1.51. The molecule has 2 aromatic heterocycles. The van der Waals surface area contributed by atoms with E-state index < -0.39 is 9.92 Å². The fourth-order valence-electron chi connectivity index (χ4n) is 3.05. The first-order valence-corrected chi connectivity index (χ1v) is 10.3. The largest absolute Gasteiger partial charge is 0.384 e. The molecule has 25 heavy (non-hydrogen) atoms. The van der Waals surface area contributed by atoms with Gasteiger partial charge in [0.25, 0.3) is 0 Å². The van der Waals surface area contributed by atoms with Gasteiger partial charge in [0.05, 0.1) is 17.7 Å². The fourth-order valence-corrected chi connectivity index (χ4v) is 4.73. The summed E-state index contributed by atoms with van der Waals surface area (Å²) < 4.78 is 27.2. The van der Waals surface area contributed by atoms with Crippen LogP contribution < -0.4 is 5.32 Å². The number of aromatic amines is 1. The maximum atomic E-state index is 12.4. The molecule has 0 saturated carbocycles. The van der Waals surface area contributed by atoms with Gasteiger partial charge >= 0.3 is 0 Å². The predicted octanol–water partition coefficient (Wildman–Crippen LogP) is 2.34. The van der Waals surface area contributed by atoms with Gasteiger partial charge in [0.15, 0.2) is 5.65 Å². The summed E-state index contributed by atoms with van der Waals surface area (Å²) in [7, 11) is -1.15. The first-order chi connectivity index (χ1) is 12.0. The van der Waals surface area contributed by atoms with Gasteiger partial charge in [-0.1, -0.05) is 11.6 Å². The number of hydrogen-bond donors (Lipinski definition) is 3. The highest BCUT2D eigenvalue weighted by molar-refractivity contribution is 7.90. The summed E-state index contributed by atoms with van der Waals surface area (Å²) in [6.07, 6.45) is 3.52. The number of aromatic nitrogens is 3. The van der Waals surface area contributed by atoms with Gasteiger partial charge in [-0.15, -0.1) is 0 Å². The lowest BCUT2D eigenvalue weighted by molar-refractivity contribution is 0.215. The molecule has 1 atom stereocenters. The van der Waals surface area contributed by atoms with Crippen molar-refractivity contribution in [1.82, 2.24) is 19.5 Å². The van der Waals surface area contributed by atoms with Crippen LogP contribution in [0.2, 0.25) is 5.15 Å². The lowest BCUT2D eigenvalue weighted by Gasteiger charge is -2.33. The molecule has 1 aliphatic heterocycles. The van der Waals surface area contributed by atoms with Gasteiger partial charge < -0.3 is 10.1 Å².